The van der Waals surface area contributed by atoms with Crippen LogP contribution >= 0.6 is 35.3 Å². The van der Waals surface area contributed by atoms with Gasteiger partial charge in [0, 0.05) is 23.2 Å². The maximum Gasteiger partial charge on any atom is 0.275 e. The van der Waals surface area contributed by atoms with Crippen molar-refractivity contribution in [3.8, 4) is 0 Å². The van der Waals surface area contributed by atoms with Crippen molar-refractivity contribution in [2.45, 2.75) is 39.3 Å². The molecule has 0 saturated carbocycles. The Morgan fingerprint density at radius 2 is 2.00 bits per heavy atom. The zero-order valence-corrected chi connectivity index (χ0v) is 17.1. The lowest BCUT2D eigenvalue weighted by molar-refractivity contribution is 0.0911. The van der Waals surface area contributed by atoms with Crippen LogP contribution < -0.4 is 16.4 Å². The van der Waals surface area contributed by atoms with Gasteiger partial charge in [-0.1, -0.05) is 18.5 Å². The molecule has 1 aromatic heterocycles. The number of hydrogen-bond acceptors (Lipinski definition) is 5. The minimum absolute atomic E-state index is 0. The molecule has 0 atom stereocenters. The van der Waals surface area contributed by atoms with Crippen LogP contribution in [-0.4, -0.2) is 22.3 Å². The van der Waals surface area contributed by atoms with Gasteiger partial charge in [-0.25, -0.2) is 4.98 Å². The summed E-state index contributed by atoms with van der Waals surface area (Å²) in [5.74, 6) is -0.599. The number of rotatable bonds is 6. The van der Waals surface area contributed by atoms with Crippen molar-refractivity contribution in [3.05, 3.63) is 44.9 Å². The van der Waals surface area contributed by atoms with Crippen LogP contribution in [0.5, 0.6) is 0 Å². The molecule has 0 saturated heterocycles. The van der Waals surface area contributed by atoms with Crippen molar-refractivity contribution in [3.63, 3.8) is 0 Å². The molecule has 1 heterocycles. The first-order valence-corrected chi connectivity index (χ1v) is 9.09. The number of nitrogens with one attached hydrogen (secondary N) is 2. The van der Waals surface area contributed by atoms with E-state index in [2.05, 4.69) is 15.6 Å². The molecule has 0 fully saturated rings. The number of carbonyl (C=O) groups is 2. The Morgan fingerprint density at radius 3 is 2.54 bits per heavy atom. The Morgan fingerprint density at radius 1 is 1.31 bits per heavy atom. The second-order valence-corrected chi connectivity index (χ2v) is 7.52. The first-order chi connectivity index (χ1) is 11.8. The molecule has 6 nitrogen and oxygen atoms in total. The number of thiazole rings is 1. The first-order valence-electron chi connectivity index (χ1n) is 7.83. The van der Waals surface area contributed by atoms with Crippen molar-refractivity contribution >= 4 is 52.8 Å². The second-order valence-electron chi connectivity index (χ2n) is 6.17. The van der Waals surface area contributed by atoms with Crippen LogP contribution in [0.2, 0.25) is 5.02 Å². The van der Waals surface area contributed by atoms with E-state index in [0.29, 0.717) is 28.5 Å². The highest BCUT2D eigenvalue weighted by Gasteiger charge is 2.21. The summed E-state index contributed by atoms with van der Waals surface area (Å²) in [7, 11) is 0. The molecule has 0 radical (unpaired) electrons. The Kier molecular flexibility index (Phi) is 8.02. The van der Waals surface area contributed by atoms with Crippen LogP contribution in [-0.2, 0) is 6.54 Å². The molecule has 0 aliphatic carbocycles. The van der Waals surface area contributed by atoms with E-state index in [0.717, 1.165) is 6.42 Å². The number of carbonyl (C=O) groups excluding carboxylic acids is 2. The molecular formula is C17H22Cl2N4O2S. The summed E-state index contributed by atoms with van der Waals surface area (Å²) in [6.07, 6.45) is 0.795. The summed E-state index contributed by atoms with van der Waals surface area (Å²) in [6, 6.07) is 4.77. The molecule has 0 unspecified atom stereocenters. The summed E-state index contributed by atoms with van der Waals surface area (Å²) in [5, 5.41) is 8.24. The predicted octanol–water partition coefficient (Wildman–Crippen LogP) is 3.85. The highest BCUT2D eigenvalue weighted by molar-refractivity contribution is 7.09. The van der Waals surface area contributed by atoms with Crippen LogP contribution in [0.1, 0.15) is 53.0 Å². The van der Waals surface area contributed by atoms with Gasteiger partial charge in [0.2, 0.25) is 0 Å². The molecule has 4 N–H and O–H groups in total. The molecule has 1 aromatic carbocycles. The van der Waals surface area contributed by atoms with E-state index in [9.17, 15) is 9.59 Å². The van der Waals surface area contributed by atoms with Crippen molar-refractivity contribution in [1.29, 1.82) is 0 Å². The Bertz CT molecular complexity index is 793. The van der Waals surface area contributed by atoms with Crippen molar-refractivity contribution in [1.82, 2.24) is 10.3 Å². The van der Waals surface area contributed by atoms with E-state index >= 15 is 0 Å². The summed E-state index contributed by atoms with van der Waals surface area (Å²) < 4.78 is 0. The first kappa shape index (κ1) is 22.4. The predicted molar refractivity (Wildman–Crippen MR) is 108 cm³/mol. The maximum absolute atomic E-state index is 12.3. The zero-order valence-electron chi connectivity index (χ0n) is 14.8. The van der Waals surface area contributed by atoms with Crippen LogP contribution in [0.15, 0.2) is 23.6 Å². The van der Waals surface area contributed by atoms with Crippen LogP contribution in [0.25, 0.3) is 0 Å². The van der Waals surface area contributed by atoms with Crippen LogP contribution in [0, 0.1) is 0 Å². The zero-order chi connectivity index (χ0) is 18.6. The number of amides is 2. The molecule has 2 rings (SSSR count). The molecular weight excluding hydrogens is 395 g/mol. The van der Waals surface area contributed by atoms with Gasteiger partial charge in [-0.15, -0.1) is 23.7 Å². The molecule has 0 spiro atoms. The summed E-state index contributed by atoms with van der Waals surface area (Å²) in [6.45, 7) is 6.17. The highest BCUT2D eigenvalue weighted by atomic mass is 35.5. The van der Waals surface area contributed by atoms with E-state index in [1.54, 1.807) is 23.6 Å². The van der Waals surface area contributed by atoms with Crippen molar-refractivity contribution < 1.29 is 9.59 Å². The minimum Gasteiger partial charge on any atom is -0.347 e. The third kappa shape index (κ3) is 5.67. The van der Waals surface area contributed by atoms with E-state index in [1.165, 1.54) is 11.3 Å². The average molecular weight is 417 g/mol. The minimum atomic E-state index is -0.351. The summed E-state index contributed by atoms with van der Waals surface area (Å²) in [5.41, 5.74) is 6.32. The standard InChI is InChI=1S/C17H21ClN4O2S.ClH/c1-4-17(2,3)22-15(23)11-6-5-10(7-12(11)18)20-16(24)13-9-25-14(8-19)21-13;/h5-7,9H,4,8,19H2,1-3H3,(H,20,24)(H,22,23);1H. The third-order valence-corrected chi connectivity index (χ3v) is 4.95. The second kappa shape index (κ2) is 9.32. The molecule has 2 aromatic rings. The Labute approximate surface area is 167 Å². The van der Waals surface area contributed by atoms with Gasteiger partial charge in [0.05, 0.1) is 10.6 Å². The number of halogens is 2. The number of aromatic nitrogens is 1. The molecule has 9 heteroatoms. The maximum atomic E-state index is 12.3. The van der Waals surface area contributed by atoms with Gasteiger partial charge in [-0.2, -0.15) is 0 Å². The van der Waals surface area contributed by atoms with E-state index in [1.807, 2.05) is 20.8 Å². The topological polar surface area (TPSA) is 97.1 Å². The van der Waals surface area contributed by atoms with Gasteiger partial charge in [-0.05, 0) is 38.5 Å². The van der Waals surface area contributed by atoms with E-state index in [4.69, 9.17) is 17.3 Å². The lowest BCUT2D eigenvalue weighted by Gasteiger charge is -2.24. The van der Waals surface area contributed by atoms with Crippen LogP contribution in [0.3, 0.4) is 0 Å². The van der Waals surface area contributed by atoms with Crippen molar-refractivity contribution in [2.75, 3.05) is 5.32 Å². The molecule has 2 amide bonds. The number of anilines is 1. The normalized spacial score (nSPS) is 10.8. The van der Waals surface area contributed by atoms with E-state index < -0.39 is 0 Å². The number of nitrogens with zero attached hydrogens (tertiary/aromatic N) is 1. The average Bonchev–Trinajstić information content (AvgIpc) is 3.03. The lowest BCUT2D eigenvalue weighted by atomic mass is 10.0. The van der Waals surface area contributed by atoms with Gasteiger partial charge < -0.3 is 16.4 Å². The summed E-state index contributed by atoms with van der Waals surface area (Å²) in [4.78, 5) is 28.6. The molecule has 26 heavy (non-hydrogen) atoms. The van der Waals surface area contributed by atoms with Crippen LogP contribution in [0.4, 0.5) is 5.69 Å². The fourth-order valence-electron chi connectivity index (χ4n) is 1.94. The third-order valence-electron chi connectivity index (χ3n) is 3.77. The molecule has 142 valence electrons. The van der Waals surface area contributed by atoms with Gasteiger partial charge in [0.15, 0.2) is 0 Å². The molecule has 0 bridgehead atoms. The number of hydrogen-bond donors (Lipinski definition) is 3. The Balaban J connectivity index is 0.00000338. The highest BCUT2D eigenvalue weighted by Crippen LogP contribution is 2.23. The van der Waals surface area contributed by atoms with Gasteiger partial charge in [0.25, 0.3) is 11.8 Å². The summed E-state index contributed by atoms with van der Waals surface area (Å²) >= 11 is 7.54. The van der Waals surface area contributed by atoms with Crippen molar-refractivity contribution in [2.24, 2.45) is 5.73 Å². The molecule has 0 aliphatic rings. The number of benzene rings is 1. The quantitative estimate of drug-likeness (QED) is 0.665. The van der Waals surface area contributed by atoms with Gasteiger partial charge in [-0.3, -0.25) is 9.59 Å². The van der Waals surface area contributed by atoms with Gasteiger partial charge in [0.1, 0.15) is 10.7 Å². The fourth-order valence-corrected chi connectivity index (χ4v) is 2.87. The SMILES string of the molecule is CCC(C)(C)NC(=O)c1ccc(NC(=O)c2csc(CN)n2)cc1Cl.Cl. The Hall–Kier alpha value is -1.67. The largest absolute Gasteiger partial charge is 0.347 e. The lowest BCUT2D eigenvalue weighted by Crippen LogP contribution is -2.42. The molecule has 0 aliphatic heterocycles. The number of nitrogens with two attached hydrogens (primary N) is 1. The van der Waals surface area contributed by atoms with E-state index in [-0.39, 0.29) is 34.8 Å². The van der Waals surface area contributed by atoms with Gasteiger partial charge >= 0.3 is 0 Å². The fraction of sp³-hybridized carbons (Fsp3) is 0.353. The smallest absolute Gasteiger partial charge is 0.275 e. The monoisotopic (exact) mass is 416 g/mol.